The summed E-state index contributed by atoms with van der Waals surface area (Å²) in [6.45, 7) is 4.48. The summed E-state index contributed by atoms with van der Waals surface area (Å²) in [6, 6.07) is 3.56. The molecule has 0 amide bonds. The minimum Gasteiger partial charge on any atom is -0.461 e. The van der Waals surface area contributed by atoms with Crippen molar-refractivity contribution < 1.29 is 19.0 Å². The van der Waals surface area contributed by atoms with E-state index in [1.54, 1.807) is 6.07 Å². The SMILES string of the molecule is CCCCOCCOCc1ccc(CO)o1. The summed E-state index contributed by atoms with van der Waals surface area (Å²) in [4.78, 5) is 0. The fraction of sp³-hybridized carbons (Fsp3) is 0.667. The minimum atomic E-state index is -0.0693. The first-order chi connectivity index (χ1) is 7.86. The van der Waals surface area contributed by atoms with Crippen molar-refractivity contribution in [2.24, 2.45) is 0 Å². The first-order valence-electron chi connectivity index (χ1n) is 5.70. The molecule has 4 nitrogen and oxygen atoms in total. The lowest BCUT2D eigenvalue weighted by Gasteiger charge is -2.03. The number of rotatable bonds is 9. The van der Waals surface area contributed by atoms with Crippen LogP contribution in [0.1, 0.15) is 31.3 Å². The second kappa shape index (κ2) is 8.33. The Kier molecular flexibility index (Phi) is 6.88. The predicted molar refractivity (Wildman–Crippen MR) is 60.0 cm³/mol. The third kappa shape index (κ3) is 5.30. The largest absolute Gasteiger partial charge is 0.461 e. The van der Waals surface area contributed by atoms with Crippen molar-refractivity contribution in [3.05, 3.63) is 23.7 Å². The maximum atomic E-state index is 8.79. The van der Waals surface area contributed by atoms with Crippen molar-refractivity contribution in [1.82, 2.24) is 0 Å². The second-order valence-corrected chi connectivity index (χ2v) is 3.54. The molecule has 0 aromatic carbocycles. The molecule has 0 unspecified atom stereocenters. The quantitative estimate of drug-likeness (QED) is 0.658. The summed E-state index contributed by atoms with van der Waals surface area (Å²) >= 11 is 0. The number of hydrogen-bond donors (Lipinski definition) is 1. The van der Waals surface area contributed by atoms with Gasteiger partial charge in [0.25, 0.3) is 0 Å². The molecule has 92 valence electrons. The van der Waals surface area contributed by atoms with Crippen molar-refractivity contribution in [2.45, 2.75) is 33.0 Å². The van der Waals surface area contributed by atoms with Crippen molar-refractivity contribution in [2.75, 3.05) is 19.8 Å². The van der Waals surface area contributed by atoms with Crippen molar-refractivity contribution in [3.63, 3.8) is 0 Å². The van der Waals surface area contributed by atoms with Crippen LogP contribution in [0.25, 0.3) is 0 Å². The number of unbranched alkanes of at least 4 members (excludes halogenated alkanes) is 1. The zero-order valence-electron chi connectivity index (χ0n) is 9.78. The van der Waals surface area contributed by atoms with Crippen LogP contribution in [0.15, 0.2) is 16.5 Å². The topological polar surface area (TPSA) is 51.8 Å². The number of aliphatic hydroxyl groups excluding tert-OH is 1. The molecule has 0 atom stereocenters. The van der Waals surface area contributed by atoms with Gasteiger partial charge in [0.2, 0.25) is 0 Å². The van der Waals surface area contributed by atoms with Gasteiger partial charge >= 0.3 is 0 Å². The summed E-state index contributed by atoms with van der Waals surface area (Å²) in [7, 11) is 0. The van der Waals surface area contributed by atoms with E-state index in [-0.39, 0.29) is 6.61 Å². The molecule has 1 N–H and O–H groups in total. The first kappa shape index (κ1) is 13.2. The van der Waals surface area contributed by atoms with Gasteiger partial charge in [0.15, 0.2) is 0 Å². The van der Waals surface area contributed by atoms with Gasteiger partial charge in [-0.05, 0) is 18.6 Å². The van der Waals surface area contributed by atoms with Crippen LogP contribution < -0.4 is 0 Å². The van der Waals surface area contributed by atoms with Gasteiger partial charge in [-0.3, -0.25) is 0 Å². The molecular formula is C12H20O4. The molecular weight excluding hydrogens is 208 g/mol. The van der Waals surface area contributed by atoms with E-state index in [2.05, 4.69) is 6.92 Å². The van der Waals surface area contributed by atoms with Crippen molar-refractivity contribution >= 4 is 0 Å². The number of aliphatic hydroxyl groups is 1. The van der Waals surface area contributed by atoms with Crippen LogP contribution in [0.2, 0.25) is 0 Å². The van der Waals surface area contributed by atoms with E-state index in [1.165, 1.54) is 0 Å². The molecule has 0 saturated heterocycles. The zero-order valence-corrected chi connectivity index (χ0v) is 9.78. The van der Waals surface area contributed by atoms with E-state index >= 15 is 0 Å². The summed E-state index contributed by atoms with van der Waals surface area (Å²) in [6.07, 6.45) is 2.25. The summed E-state index contributed by atoms with van der Waals surface area (Å²) < 4.78 is 16.0. The highest BCUT2D eigenvalue weighted by molar-refractivity contribution is 5.05. The van der Waals surface area contributed by atoms with Crippen molar-refractivity contribution in [3.8, 4) is 0 Å². The molecule has 0 spiro atoms. The van der Waals surface area contributed by atoms with Gasteiger partial charge in [-0.1, -0.05) is 13.3 Å². The average Bonchev–Trinajstić information content (AvgIpc) is 2.76. The third-order valence-electron chi connectivity index (χ3n) is 2.13. The Morgan fingerprint density at radius 1 is 1.12 bits per heavy atom. The zero-order chi connectivity index (χ0) is 11.6. The van der Waals surface area contributed by atoms with Crippen LogP contribution >= 0.6 is 0 Å². The normalized spacial score (nSPS) is 10.9. The van der Waals surface area contributed by atoms with Crippen LogP contribution in [-0.4, -0.2) is 24.9 Å². The Bertz CT molecular complexity index is 270. The van der Waals surface area contributed by atoms with Gasteiger partial charge in [0, 0.05) is 6.61 Å². The Morgan fingerprint density at radius 3 is 2.56 bits per heavy atom. The van der Waals surface area contributed by atoms with Crippen LogP contribution in [0.4, 0.5) is 0 Å². The summed E-state index contributed by atoms with van der Waals surface area (Å²) in [5, 5.41) is 8.79. The van der Waals surface area contributed by atoms with E-state index in [1.807, 2.05) is 6.07 Å². The molecule has 0 saturated carbocycles. The Hall–Kier alpha value is -0.840. The number of ether oxygens (including phenoxy) is 2. The maximum Gasteiger partial charge on any atom is 0.129 e. The smallest absolute Gasteiger partial charge is 0.129 e. The van der Waals surface area contributed by atoms with E-state index in [0.29, 0.717) is 25.6 Å². The molecule has 1 heterocycles. The number of hydrogen-bond acceptors (Lipinski definition) is 4. The van der Waals surface area contributed by atoms with Crippen LogP contribution in [-0.2, 0) is 22.7 Å². The van der Waals surface area contributed by atoms with Crippen LogP contribution in [0.3, 0.4) is 0 Å². The van der Waals surface area contributed by atoms with Gasteiger partial charge < -0.3 is 19.0 Å². The van der Waals surface area contributed by atoms with Crippen molar-refractivity contribution in [1.29, 1.82) is 0 Å². The Balaban J connectivity index is 1.98. The van der Waals surface area contributed by atoms with E-state index in [4.69, 9.17) is 19.0 Å². The highest BCUT2D eigenvalue weighted by atomic mass is 16.5. The lowest BCUT2D eigenvalue weighted by molar-refractivity contribution is 0.0332. The molecule has 1 rings (SSSR count). The third-order valence-corrected chi connectivity index (χ3v) is 2.13. The maximum absolute atomic E-state index is 8.79. The monoisotopic (exact) mass is 228 g/mol. The lowest BCUT2D eigenvalue weighted by Crippen LogP contribution is -2.04. The lowest BCUT2D eigenvalue weighted by atomic mass is 10.4. The molecule has 16 heavy (non-hydrogen) atoms. The number of furan rings is 1. The Morgan fingerprint density at radius 2 is 1.88 bits per heavy atom. The molecule has 0 aliphatic carbocycles. The average molecular weight is 228 g/mol. The summed E-state index contributed by atoms with van der Waals surface area (Å²) in [5.74, 6) is 1.30. The minimum absolute atomic E-state index is 0.0693. The molecule has 4 heteroatoms. The standard InChI is InChI=1S/C12H20O4/c1-2-3-6-14-7-8-15-10-12-5-4-11(9-13)16-12/h4-5,13H,2-3,6-10H2,1H3. The van der Waals surface area contributed by atoms with E-state index in [9.17, 15) is 0 Å². The second-order valence-electron chi connectivity index (χ2n) is 3.54. The van der Waals surface area contributed by atoms with Gasteiger partial charge in [-0.25, -0.2) is 0 Å². The molecule has 0 radical (unpaired) electrons. The molecule has 0 aliphatic rings. The highest BCUT2D eigenvalue weighted by Crippen LogP contribution is 2.08. The fourth-order valence-electron chi connectivity index (χ4n) is 1.22. The molecule has 0 fully saturated rings. The van der Waals surface area contributed by atoms with Gasteiger partial charge in [-0.15, -0.1) is 0 Å². The van der Waals surface area contributed by atoms with Crippen LogP contribution in [0, 0.1) is 0 Å². The molecule has 1 aromatic rings. The van der Waals surface area contributed by atoms with E-state index < -0.39 is 0 Å². The first-order valence-corrected chi connectivity index (χ1v) is 5.70. The van der Waals surface area contributed by atoms with E-state index in [0.717, 1.165) is 25.2 Å². The van der Waals surface area contributed by atoms with Gasteiger partial charge in [0.05, 0.1) is 13.2 Å². The van der Waals surface area contributed by atoms with Gasteiger partial charge in [-0.2, -0.15) is 0 Å². The molecule has 1 aromatic heterocycles. The fourth-order valence-corrected chi connectivity index (χ4v) is 1.22. The van der Waals surface area contributed by atoms with Gasteiger partial charge in [0.1, 0.15) is 24.7 Å². The molecule has 0 aliphatic heterocycles. The highest BCUT2D eigenvalue weighted by Gasteiger charge is 2.00. The molecule has 0 bridgehead atoms. The Labute approximate surface area is 96.2 Å². The van der Waals surface area contributed by atoms with Crippen LogP contribution in [0.5, 0.6) is 0 Å². The summed E-state index contributed by atoms with van der Waals surface area (Å²) in [5.41, 5.74) is 0. The predicted octanol–water partition coefficient (Wildman–Crippen LogP) is 2.11.